The van der Waals surface area contributed by atoms with Gasteiger partial charge < -0.3 is 4.42 Å². The number of hydrogen-bond acceptors (Lipinski definition) is 5. The van der Waals surface area contributed by atoms with Crippen molar-refractivity contribution < 1.29 is 9.34 Å². The number of aromatic nitrogens is 1. The largest absolute Gasteiger partial charge is 0.439 e. The van der Waals surface area contributed by atoms with Crippen molar-refractivity contribution in [2.24, 2.45) is 0 Å². The van der Waals surface area contributed by atoms with Crippen LogP contribution >= 0.6 is 22.9 Å². The second-order valence-corrected chi connectivity index (χ2v) is 3.98. The van der Waals surface area contributed by atoms with Crippen molar-refractivity contribution in [2.75, 3.05) is 0 Å². The topological polar surface area (TPSA) is 69.2 Å². The minimum Gasteiger partial charge on any atom is -0.439 e. The minimum absolute atomic E-state index is 0.0776. The van der Waals surface area contributed by atoms with E-state index in [1.807, 2.05) is 0 Å². The zero-order valence-corrected chi connectivity index (χ0v) is 8.92. The van der Waals surface area contributed by atoms with Crippen LogP contribution in [0.5, 0.6) is 0 Å². The fourth-order valence-electron chi connectivity index (χ4n) is 1.04. The molecule has 0 unspecified atom stereocenters. The molecule has 0 N–H and O–H groups in total. The van der Waals surface area contributed by atoms with Crippen LogP contribution in [0.25, 0.3) is 10.6 Å². The highest BCUT2D eigenvalue weighted by Crippen LogP contribution is 2.32. The minimum atomic E-state index is -0.438. The molecule has 0 atom stereocenters. The molecule has 0 amide bonds. The van der Waals surface area contributed by atoms with Crippen molar-refractivity contribution >= 4 is 27.9 Å². The molecule has 2 aromatic rings. The highest BCUT2D eigenvalue weighted by molar-refractivity contribution is 7.18. The molecule has 5 nitrogen and oxygen atoms in total. The lowest BCUT2D eigenvalue weighted by Gasteiger charge is -1.86. The lowest BCUT2D eigenvalue weighted by atomic mass is 10.4. The molecule has 0 bridgehead atoms. The summed E-state index contributed by atoms with van der Waals surface area (Å²) in [6, 6.07) is 3.06. The van der Waals surface area contributed by atoms with Gasteiger partial charge in [0, 0.05) is 6.07 Å². The molecular weight excluding hydrogens is 240 g/mol. The first-order valence-electron chi connectivity index (χ1n) is 3.96. The summed E-state index contributed by atoms with van der Waals surface area (Å²) in [6.07, 6.45) is 1.51. The van der Waals surface area contributed by atoms with Crippen LogP contribution in [-0.2, 0) is 5.88 Å². The van der Waals surface area contributed by atoms with Gasteiger partial charge in [-0.2, -0.15) is 0 Å². The standard InChI is InChI=1S/C8H5ClN2O3S/c9-3-7-10-4-5(14-7)6-1-2-8(15-6)11(12)13/h1-2,4H,3H2. The Labute approximate surface area is 93.5 Å². The molecule has 0 aliphatic heterocycles. The summed E-state index contributed by atoms with van der Waals surface area (Å²) in [4.78, 5) is 14.6. The molecule has 15 heavy (non-hydrogen) atoms. The van der Waals surface area contributed by atoms with Gasteiger partial charge in [-0.25, -0.2) is 4.98 Å². The Morgan fingerprint density at radius 3 is 2.93 bits per heavy atom. The zero-order chi connectivity index (χ0) is 10.8. The number of nitrogens with zero attached hydrogens (tertiary/aromatic N) is 2. The van der Waals surface area contributed by atoms with Gasteiger partial charge in [0.15, 0.2) is 5.76 Å². The molecule has 0 aliphatic carbocycles. The van der Waals surface area contributed by atoms with Crippen LogP contribution in [0.3, 0.4) is 0 Å². The molecule has 0 saturated carbocycles. The summed E-state index contributed by atoms with van der Waals surface area (Å²) in [5.74, 6) is 1.10. The smallest absolute Gasteiger partial charge is 0.324 e. The molecule has 0 spiro atoms. The predicted molar refractivity (Wildman–Crippen MR) is 56.0 cm³/mol. The molecule has 0 aliphatic rings. The molecule has 0 radical (unpaired) electrons. The first-order valence-corrected chi connectivity index (χ1v) is 5.31. The summed E-state index contributed by atoms with van der Waals surface area (Å²) in [5.41, 5.74) is 0. The molecule has 0 saturated heterocycles. The normalized spacial score (nSPS) is 10.5. The summed E-state index contributed by atoms with van der Waals surface area (Å²) in [7, 11) is 0. The van der Waals surface area contributed by atoms with E-state index >= 15 is 0 Å². The van der Waals surface area contributed by atoms with Gasteiger partial charge >= 0.3 is 5.00 Å². The van der Waals surface area contributed by atoms with Gasteiger partial charge in [-0.1, -0.05) is 11.3 Å². The Morgan fingerprint density at radius 1 is 1.60 bits per heavy atom. The third kappa shape index (κ3) is 2.00. The van der Waals surface area contributed by atoms with Gasteiger partial charge in [0.05, 0.1) is 21.9 Å². The SMILES string of the molecule is O=[N+]([O-])c1ccc(-c2cnc(CCl)o2)s1. The Morgan fingerprint density at radius 2 is 2.40 bits per heavy atom. The maximum atomic E-state index is 10.5. The number of hydrogen-bond donors (Lipinski definition) is 0. The van der Waals surface area contributed by atoms with Crippen molar-refractivity contribution in [1.29, 1.82) is 0 Å². The van der Waals surface area contributed by atoms with Crippen LogP contribution < -0.4 is 0 Å². The second kappa shape index (κ2) is 4.00. The molecule has 0 aromatic carbocycles. The molecular formula is C8H5ClN2O3S. The molecule has 78 valence electrons. The lowest BCUT2D eigenvalue weighted by molar-refractivity contribution is -0.380. The highest BCUT2D eigenvalue weighted by Gasteiger charge is 2.13. The van der Waals surface area contributed by atoms with Crippen LogP contribution in [0.2, 0.25) is 0 Å². The average molecular weight is 245 g/mol. The van der Waals surface area contributed by atoms with Gasteiger partial charge in [0.2, 0.25) is 5.89 Å². The number of thiophene rings is 1. The number of alkyl halides is 1. The quantitative estimate of drug-likeness (QED) is 0.473. The van der Waals surface area contributed by atoms with E-state index in [2.05, 4.69) is 4.98 Å². The number of rotatable bonds is 3. The van der Waals surface area contributed by atoms with E-state index in [-0.39, 0.29) is 10.9 Å². The van der Waals surface area contributed by atoms with Crippen LogP contribution in [0, 0.1) is 10.1 Å². The highest BCUT2D eigenvalue weighted by atomic mass is 35.5. The van der Waals surface area contributed by atoms with Crippen LogP contribution in [-0.4, -0.2) is 9.91 Å². The second-order valence-electron chi connectivity index (χ2n) is 2.65. The number of halogens is 1. The zero-order valence-electron chi connectivity index (χ0n) is 7.34. The van der Waals surface area contributed by atoms with Gasteiger partial charge in [-0.15, -0.1) is 11.6 Å². The van der Waals surface area contributed by atoms with Gasteiger partial charge in [-0.05, 0) is 6.07 Å². The molecule has 7 heteroatoms. The molecule has 2 aromatic heterocycles. The van der Waals surface area contributed by atoms with E-state index < -0.39 is 4.92 Å². The van der Waals surface area contributed by atoms with Crippen molar-refractivity contribution in [1.82, 2.24) is 4.98 Å². The van der Waals surface area contributed by atoms with Crippen molar-refractivity contribution in [3.63, 3.8) is 0 Å². The maximum Gasteiger partial charge on any atom is 0.324 e. The van der Waals surface area contributed by atoms with E-state index in [1.54, 1.807) is 6.07 Å². The Kier molecular flexibility index (Phi) is 2.70. The van der Waals surface area contributed by atoms with E-state index in [0.717, 1.165) is 11.3 Å². The van der Waals surface area contributed by atoms with E-state index in [9.17, 15) is 10.1 Å². The average Bonchev–Trinajstić information content (AvgIpc) is 2.86. The van der Waals surface area contributed by atoms with Gasteiger partial charge in [0.25, 0.3) is 0 Å². The Balaban J connectivity index is 2.32. The van der Waals surface area contributed by atoms with Crippen LogP contribution in [0.1, 0.15) is 5.89 Å². The Bertz CT molecular complexity index is 494. The van der Waals surface area contributed by atoms with Crippen LogP contribution in [0.15, 0.2) is 22.7 Å². The van der Waals surface area contributed by atoms with Crippen LogP contribution in [0.4, 0.5) is 5.00 Å². The summed E-state index contributed by atoms with van der Waals surface area (Å²) >= 11 is 6.56. The molecule has 0 fully saturated rings. The maximum absolute atomic E-state index is 10.5. The first-order chi connectivity index (χ1) is 7.20. The van der Waals surface area contributed by atoms with Gasteiger partial charge in [0.1, 0.15) is 0 Å². The first kappa shape index (κ1) is 10.1. The predicted octanol–water partition coefficient (Wildman–Crippen LogP) is 3.05. The molecule has 2 heterocycles. The molecule has 2 rings (SSSR count). The van der Waals surface area contributed by atoms with E-state index in [4.69, 9.17) is 16.0 Å². The van der Waals surface area contributed by atoms with E-state index in [0.29, 0.717) is 16.5 Å². The summed E-state index contributed by atoms with van der Waals surface area (Å²) in [6.45, 7) is 0. The fourth-order valence-corrected chi connectivity index (χ4v) is 1.93. The number of nitro groups is 1. The summed E-state index contributed by atoms with van der Waals surface area (Å²) in [5, 5.41) is 10.5. The monoisotopic (exact) mass is 244 g/mol. The number of oxazole rings is 1. The fraction of sp³-hybridized carbons (Fsp3) is 0.125. The Hall–Kier alpha value is -1.40. The lowest BCUT2D eigenvalue weighted by Crippen LogP contribution is -1.80. The third-order valence-corrected chi connectivity index (χ3v) is 2.96. The van der Waals surface area contributed by atoms with E-state index in [1.165, 1.54) is 12.3 Å². The van der Waals surface area contributed by atoms with Gasteiger partial charge in [-0.3, -0.25) is 10.1 Å². The van der Waals surface area contributed by atoms with Crippen molar-refractivity contribution in [3.8, 4) is 10.6 Å². The third-order valence-electron chi connectivity index (χ3n) is 1.68. The van der Waals surface area contributed by atoms with Crippen molar-refractivity contribution in [2.45, 2.75) is 5.88 Å². The summed E-state index contributed by atoms with van der Waals surface area (Å²) < 4.78 is 5.26. The van der Waals surface area contributed by atoms with Crippen molar-refractivity contribution in [3.05, 3.63) is 34.3 Å².